The second kappa shape index (κ2) is 65.8. The fourth-order valence-corrected chi connectivity index (χ4v) is 10.8. The number of unbranched alkanes of at least 4 members (excludes halogenated alkanes) is 28. The highest BCUT2D eigenvalue weighted by Crippen LogP contribution is 2.26. The summed E-state index contributed by atoms with van der Waals surface area (Å²) in [6.07, 6.45) is 83.5. The number of ether oxygens (including phenoxy) is 3. The van der Waals surface area contributed by atoms with Gasteiger partial charge in [0.05, 0.1) is 25.4 Å². The number of carbonyl (C=O) groups excluding carboxylic acids is 2. The van der Waals surface area contributed by atoms with Gasteiger partial charge in [-0.05, 0) is 116 Å². The summed E-state index contributed by atoms with van der Waals surface area (Å²) in [6.45, 7) is 5.57. The number of esters is 1. The second-order valence-corrected chi connectivity index (χ2v) is 24.9. The minimum absolute atomic E-state index is 0.112. The Labute approximate surface area is 556 Å². The molecule has 1 aliphatic heterocycles. The summed E-state index contributed by atoms with van der Waals surface area (Å²) < 4.78 is 17.7. The zero-order valence-corrected chi connectivity index (χ0v) is 57.9. The van der Waals surface area contributed by atoms with E-state index in [1.165, 1.54) is 96.3 Å². The van der Waals surface area contributed by atoms with Crippen LogP contribution in [0.5, 0.6) is 0 Å². The van der Waals surface area contributed by atoms with Gasteiger partial charge in [0.1, 0.15) is 24.4 Å². The maximum absolute atomic E-state index is 13.5. The largest absolute Gasteiger partial charge is 0.454 e. The van der Waals surface area contributed by atoms with E-state index in [9.17, 15) is 35.1 Å². The molecule has 0 aliphatic carbocycles. The molecular formula is C80H135NO10. The fraction of sp³-hybridized carbons (Fsp3) is 0.700. The SMILES string of the molecule is CC/C=C\C/C=C\C/C=C\C/C=C\C/C=C\CCCCCCCCCCCCCC(=O)OC1C(OCC(NC(=O)C(O)CCCCCCCCCC/C=C\C/C=C\C/C=C\C/C=C\C/C=C\CC)C(O)/C=C/CCCCCCCCCCC)OC(CO)C(O)C1O. The van der Waals surface area contributed by atoms with Gasteiger partial charge >= 0.3 is 5.97 Å². The van der Waals surface area contributed by atoms with Gasteiger partial charge in [0.2, 0.25) is 5.91 Å². The Bertz CT molecular complexity index is 2000. The van der Waals surface area contributed by atoms with Crippen molar-refractivity contribution in [3.05, 3.63) is 134 Å². The quantitative estimate of drug-likeness (QED) is 0.0195. The van der Waals surface area contributed by atoms with Crippen LogP contribution in [0.15, 0.2) is 134 Å². The average molecular weight is 1270 g/mol. The van der Waals surface area contributed by atoms with Gasteiger partial charge in [-0.1, -0.05) is 309 Å². The maximum Gasteiger partial charge on any atom is 0.306 e. The van der Waals surface area contributed by atoms with Crippen LogP contribution >= 0.6 is 0 Å². The molecule has 1 amide bonds. The molecule has 0 spiro atoms. The first kappa shape index (κ1) is 84.8. The molecule has 0 aromatic heterocycles. The third-order valence-electron chi connectivity index (χ3n) is 16.5. The molecule has 1 rings (SSSR count). The number of hydrogen-bond acceptors (Lipinski definition) is 10. The van der Waals surface area contributed by atoms with Gasteiger partial charge in [-0.2, -0.15) is 0 Å². The van der Waals surface area contributed by atoms with E-state index in [2.05, 4.69) is 148 Å². The number of hydrogen-bond donors (Lipinski definition) is 6. The number of rotatable bonds is 62. The molecule has 11 heteroatoms. The maximum atomic E-state index is 13.5. The van der Waals surface area contributed by atoms with Gasteiger partial charge in [0.25, 0.3) is 0 Å². The van der Waals surface area contributed by atoms with Crippen LogP contribution in [-0.4, -0.2) is 99.6 Å². The summed E-state index contributed by atoms with van der Waals surface area (Å²) in [5.41, 5.74) is 0. The highest BCUT2D eigenvalue weighted by Gasteiger charge is 2.47. The van der Waals surface area contributed by atoms with Crippen LogP contribution in [0.2, 0.25) is 0 Å². The molecule has 0 aromatic carbocycles. The van der Waals surface area contributed by atoms with E-state index in [4.69, 9.17) is 14.2 Å². The standard InChI is InChI=1S/C80H135NO10/c1-4-7-10-13-16-19-22-24-26-28-30-32-34-36-37-38-40-42-44-46-48-50-53-56-59-62-65-68-75(85)91-78-77(87)76(86)74(69-82)90-80(78)89-70-71(72(83)66-63-60-57-54-51-21-18-15-12-9-6-3)81-79(88)73(84)67-64-61-58-55-52-49-47-45-43-41-39-35-33-31-29-27-25-23-20-17-14-11-8-5-2/h7-8,10-11,16-17,19-20,24-27,30-33,36-37,39,41,63,66,71-74,76-78,80,82-84,86-87H,4-6,9,12-15,18,21-23,28-29,34-35,38,40,42-62,64-65,67-70H2,1-3H3,(H,81,88)/b10-7-,11-8-,19-16-,20-17-,26-24-,27-25-,32-30-,33-31-,37-36-,41-39-,66-63+. The van der Waals surface area contributed by atoms with E-state index >= 15 is 0 Å². The molecule has 11 nitrogen and oxygen atoms in total. The van der Waals surface area contributed by atoms with E-state index in [-0.39, 0.29) is 19.4 Å². The second-order valence-electron chi connectivity index (χ2n) is 24.9. The molecule has 1 aliphatic rings. The zero-order chi connectivity index (χ0) is 66.0. The highest BCUT2D eigenvalue weighted by molar-refractivity contribution is 5.80. The van der Waals surface area contributed by atoms with E-state index in [1.54, 1.807) is 6.08 Å². The van der Waals surface area contributed by atoms with Crippen LogP contribution in [-0.2, 0) is 23.8 Å². The van der Waals surface area contributed by atoms with Gasteiger partial charge in [-0.25, -0.2) is 0 Å². The van der Waals surface area contributed by atoms with Crippen LogP contribution in [0.25, 0.3) is 0 Å². The van der Waals surface area contributed by atoms with Crippen molar-refractivity contribution in [1.29, 1.82) is 0 Å². The Balaban J connectivity index is 2.53. The first-order chi connectivity index (χ1) is 44.7. The van der Waals surface area contributed by atoms with Crippen LogP contribution in [0.1, 0.15) is 297 Å². The van der Waals surface area contributed by atoms with Crippen molar-refractivity contribution in [1.82, 2.24) is 5.32 Å². The molecule has 520 valence electrons. The molecule has 8 unspecified atom stereocenters. The fourth-order valence-electron chi connectivity index (χ4n) is 10.8. The van der Waals surface area contributed by atoms with Crippen LogP contribution in [0.4, 0.5) is 0 Å². The lowest BCUT2D eigenvalue weighted by atomic mass is 9.99. The molecule has 1 saturated heterocycles. The van der Waals surface area contributed by atoms with E-state index < -0.39 is 67.4 Å². The van der Waals surface area contributed by atoms with E-state index in [1.807, 2.05) is 6.08 Å². The Kier molecular flexibility index (Phi) is 61.4. The van der Waals surface area contributed by atoms with Crippen LogP contribution < -0.4 is 5.32 Å². The lowest BCUT2D eigenvalue weighted by Gasteiger charge is -2.41. The molecule has 0 saturated carbocycles. The van der Waals surface area contributed by atoms with Gasteiger partial charge in [-0.15, -0.1) is 0 Å². The zero-order valence-electron chi connectivity index (χ0n) is 57.9. The Hall–Kier alpha value is -4.20. The molecule has 0 radical (unpaired) electrons. The molecule has 1 heterocycles. The molecule has 0 bridgehead atoms. The van der Waals surface area contributed by atoms with E-state index in [0.29, 0.717) is 12.8 Å². The van der Waals surface area contributed by atoms with Crippen LogP contribution in [0, 0.1) is 0 Å². The smallest absolute Gasteiger partial charge is 0.306 e. The van der Waals surface area contributed by atoms with Crippen LogP contribution in [0.3, 0.4) is 0 Å². The first-order valence-corrected chi connectivity index (χ1v) is 37.0. The number of allylic oxidation sites excluding steroid dienone is 21. The molecule has 1 fully saturated rings. The van der Waals surface area contributed by atoms with Crippen molar-refractivity contribution in [3.63, 3.8) is 0 Å². The molecule has 6 N–H and O–H groups in total. The third kappa shape index (κ3) is 52.8. The van der Waals surface area contributed by atoms with Crippen molar-refractivity contribution in [2.24, 2.45) is 0 Å². The number of nitrogens with one attached hydrogen (secondary N) is 1. The predicted molar refractivity (Wildman–Crippen MR) is 384 cm³/mol. The molecular weight excluding hydrogens is 1130 g/mol. The summed E-state index contributed by atoms with van der Waals surface area (Å²) >= 11 is 0. The minimum Gasteiger partial charge on any atom is -0.454 e. The van der Waals surface area contributed by atoms with Gasteiger partial charge in [-0.3, -0.25) is 9.59 Å². The van der Waals surface area contributed by atoms with Gasteiger partial charge < -0.3 is 45.1 Å². The monoisotopic (exact) mass is 1270 g/mol. The van der Waals surface area contributed by atoms with Gasteiger partial charge in [0, 0.05) is 6.42 Å². The summed E-state index contributed by atoms with van der Waals surface area (Å²) in [4.78, 5) is 26.7. The number of amides is 1. The Morgan fingerprint density at radius 1 is 0.440 bits per heavy atom. The molecule has 8 atom stereocenters. The summed E-state index contributed by atoms with van der Waals surface area (Å²) in [5, 5.41) is 57.3. The molecule has 91 heavy (non-hydrogen) atoms. The lowest BCUT2D eigenvalue weighted by molar-refractivity contribution is -0.305. The number of carbonyl (C=O) groups is 2. The predicted octanol–water partition coefficient (Wildman–Crippen LogP) is 19.5. The summed E-state index contributed by atoms with van der Waals surface area (Å²) in [6, 6.07) is -1.04. The summed E-state index contributed by atoms with van der Waals surface area (Å²) in [7, 11) is 0. The number of aliphatic hydroxyl groups excluding tert-OH is 5. The topological polar surface area (TPSA) is 175 Å². The average Bonchev–Trinajstić information content (AvgIpc) is 1.14. The highest BCUT2D eigenvalue weighted by atomic mass is 16.7. The Morgan fingerprint density at radius 3 is 1.19 bits per heavy atom. The van der Waals surface area contributed by atoms with Gasteiger partial charge in [0.15, 0.2) is 12.4 Å². The number of aliphatic hydroxyl groups is 5. The molecule has 0 aromatic rings. The third-order valence-corrected chi connectivity index (χ3v) is 16.5. The van der Waals surface area contributed by atoms with Crippen molar-refractivity contribution in [3.8, 4) is 0 Å². The normalized spacial score (nSPS) is 18.8. The lowest BCUT2D eigenvalue weighted by Crippen LogP contribution is -2.61. The summed E-state index contributed by atoms with van der Waals surface area (Å²) in [5.74, 6) is -1.21. The first-order valence-electron chi connectivity index (χ1n) is 37.0. The van der Waals surface area contributed by atoms with Crippen molar-refractivity contribution in [2.45, 2.75) is 346 Å². The minimum atomic E-state index is -1.63. The van der Waals surface area contributed by atoms with Crippen molar-refractivity contribution in [2.75, 3.05) is 13.2 Å². The van der Waals surface area contributed by atoms with E-state index in [0.717, 1.165) is 154 Å². The van der Waals surface area contributed by atoms with Crippen molar-refractivity contribution < 1.29 is 49.3 Å². The Morgan fingerprint density at radius 2 is 0.791 bits per heavy atom. The van der Waals surface area contributed by atoms with Crippen molar-refractivity contribution >= 4 is 11.9 Å².